The number of nitriles is 1. The minimum atomic E-state index is -5.01. The summed E-state index contributed by atoms with van der Waals surface area (Å²) < 4.78 is 68.4. The second kappa shape index (κ2) is 7.80. The maximum atomic E-state index is 14.1. The van der Waals surface area contributed by atoms with Crippen molar-refractivity contribution in [1.82, 2.24) is 4.57 Å². The smallest absolute Gasteiger partial charge is 0.417 e. The van der Waals surface area contributed by atoms with Crippen molar-refractivity contribution >= 4 is 11.6 Å². The number of phenolic OH excluding ortho intramolecular Hbond substituents is 1. The number of phenols is 1. The molecule has 0 amide bonds. The lowest BCUT2D eigenvalue weighted by atomic mass is 10.0. The Morgan fingerprint density at radius 2 is 1.80 bits per heavy atom. The van der Waals surface area contributed by atoms with Crippen LogP contribution >= 0.6 is 11.6 Å². The molecule has 0 aliphatic carbocycles. The SMILES string of the molecule is N#Cc1c(C(F)(F)F)cc(-c2ccc(O)c(Cl)c2)n(Cc2ccc(F)cc2F)c1=O. The van der Waals surface area contributed by atoms with Gasteiger partial charge in [0.15, 0.2) is 0 Å². The zero-order chi connectivity index (χ0) is 22.2. The van der Waals surface area contributed by atoms with Crippen molar-refractivity contribution in [3.05, 3.63) is 86.2 Å². The fraction of sp³-hybridized carbons (Fsp3) is 0.100. The van der Waals surface area contributed by atoms with Crippen LogP contribution in [0.25, 0.3) is 11.3 Å². The fourth-order valence-corrected chi connectivity index (χ4v) is 3.04. The molecule has 2 aromatic carbocycles. The van der Waals surface area contributed by atoms with Crippen molar-refractivity contribution in [2.75, 3.05) is 0 Å². The zero-order valence-electron chi connectivity index (χ0n) is 14.8. The molecule has 10 heteroatoms. The van der Waals surface area contributed by atoms with Crippen LogP contribution in [0.15, 0.2) is 47.3 Å². The summed E-state index contributed by atoms with van der Waals surface area (Å²) in [6.07, 6.45) is -5.01. The van der Waals surface area contributed by atoms with Gasteiger partial charge in [0, 0.05) is 17.2 Å². The highest BCUT2D eigenvalue weighted by Crippen LogP contribution is 2.35. The molecule has 3 aromatic rings. The highest BCUT2D eigenvalue weighted by atomic mass is 35.5. The zero-order valence-corrected chi connectivity index (χ0v) is 15.5. The molecule has 0 radical (unpaired) electrons. The van der Waals surface area contributed by atoms with Crippen molar-refractivity contribution in [2.45, 2.75) is 12.7 Å². The van der Waals surface area contributed by atoms with Gasteiger partial charge in [0.1, 0.15) is 29.0 Å². The summed E-state index contributed by atoms with van der Waals surface area (Å²) in [5.41, 5.74) is -4.45. The molecule has 30 heavy (non-hydrogen) atoms. The van der Waals surface area contributed by atoms with Crippen molar-refractivity contribution in [3.8, 4) is 23.1 Å². The lowest BCUT2D eigenvalue weighted by Gasteiger charge is -2.18. The van der Waals surface area contributed by atoms with E-state index in [9.17, 15) is 31.9 Å². The lowest BCUT2D eigenvalue weighted by Crippen LogP contribution is -2.29. The summed E-state index contributed by atoms with van der Waals surface area (Å²) in [6.45, 7) is -0.578. The third-order valence-corrected chi connectivity index (χ3v) is 4.61. The van der Waals surface area contributed by atoms with Crippen LogP contribution in [0.3, 0.4) is 0 Å². The van der Waals surface area contributed by atoms with Crippen molar-refractivity contribution in [1.29, 1.82) is 5.26 Å². The molecular weight excluding hydrogens is 431 g/mol. The van der Waals surface area contributed by atoms with Crippen LogP contribution < -0.4 is 5.56 Å². The summed E-state index contributed by atoms with van der Waals surface area (Å²) in [7, 11) is 0. The maximum absolute atomic E-state index is 14.1. The van der Waals surface area contributed by atoms with Gasteiger partial charge in [-0.05, 0) is 30.3 Å². The van der Waals surface area contributed by atoms with Crippen LogP contribution in [0.1, 0.15) is 16.7 Å². The second-order valence-corrected chi connectivity index (χ2v) is 6.63. The summed E-state index contributed by atoms with van der Waals surface area (Å²) in [6, 6.07) is 7.78. The number of pyridine rings is 1. The molecule has 0 fully saturated rings. The Labute approximate surface area is 171 Å². The Bertz CT molecular complexity index is 1250. The van der Waals surface area contributed by atoms with Gasteiger partial charge in [-0.25, -0.2) is 8.78 Å². The third-order valence-electron chi connectivity index (χ3n) is 4.30. The molecule has 0 bridgehead atoms. The summed E-state index contributed by atoms with van der Waals surface area (Å²) >= 11 is 5.83. The number of aromatic hydroxyl groups is 1. The molecule has 1 heterocycles. The van der Waals surface area contributed by atoms with Gasteiger partial charge in [-0.15, -0.1) is 0 Å². The monoisotopic (exact) mass is 440 g/mol. The molecule has 0 aliphatic rings. The maximum Gasteiger partial charge on any atom is 0.417 e. The van der Waals surface area contributed by atoms with Gasteiger partial charge in [0.05, 0.1) is 22.8 Å². The van der Waals surface area contributed by atoms with Gasteiger partial charge in [-0.2, -0.15) is 18.4 Å². The Hall–Kier alpha value is -3.38. The van der Waals surface area contributed by atoms with Gasteiger partial charge >= 0.3 is 6.18 Å². The van der Waals surface area contributed by atoms with E-state index in [4.69, 9.17) is 16.9 Å². The topological polar surface area (TPSA) is 66.0 Å². The van der Waals surface area contributed by atoms with E-state index >= 15 is 0 Å². The predicted octanol–water partition coefficient (Wildman–Crippen LogP) is 5.09. The molecule has 154 valence electrons. The number of hydrogen-bond acceptors (Lipinski definition) is 3. The van der Waals surface area contributed by atoms with Gasteiger partial charge in [0.25, 0.3) is 5.56 Å². The molecule has 1 N–H and O–H groups in total. The molecule has 0 unspecified atom stereocenters. The number of halogens is 6. The van der Waals surface area contributed by atoms with E-state index in [1.165, 1.54) is 12.1 Å². The lowest BCUT2D eigenvalue weighted by molar-refractivity contribution is -0.137. The fourth-order valence-electron chi connectivity index (χ4n) is 2.86. The van der Waals surface area contributed by atoms with Crippen molar-refractivity contribution in [3.63, 3.8) is 0 Å². The number of alkyl halides is 3. The first-order valence-corrected chi connectivity index (χ1v) is 8.58. The van der Waals surface area contributed by atoms with Gasteiger partial charge in [0.2, 0.25) is 0 Å². The van der Waals surface area contributed by atoms with E-state index in [2.05, 4.69) is 0 Å². The average molecular weight is 441 g/mol. The molecule has 1 aromatic heterocycles. The van der Waals surface area contributed by atoms with Crippen LogP contribution in [0.5, 0.6) is 5.75 Å². The minimum absolute atomic E-state index is 0.00686. The number of nitrogens with zero attached hydrogens (tertiary/aromatic N) is 2. The molecule has 3 rings (SSSR count). The van der Waals surface area contributed by atoms with Gasteiger partial charge in [-0.3, -0.25) is 4.79 Å². The number of hydrogen-bond donors (Lipinski definition) is 1. The molecule has 0 saturated carbocycles. The van der Waals surface area contributed by atoms with Crippen LogP contribution in [0, 0.1) is 23.0 Å². The molecule has 0 aliphatic heterocycles. The first kappa shape index (κ1) is 21.3. The van der Waals surface area contributed by atoms with Crippen LogP contribution in [-0.2, 0) is 12.7 Å². The average Bonchev–Trinajstić information content (AvgIpc) is 2.66. The Morgan fingerprint density at radius 3 is 2.37 bits per heavy atom. The molecule has 0 atom stereocenters. The molecule has 0 spiro atoms. The van der Waals surface area contributed by atoms with Crippen LogP contribution in [0.4, 0.5) is 22.0 Å². The van der Waals surface area contributed by atoms with Crippen LogP contribution in [-0.4, -0.2) is 9.67 Å². The Morgan fingerprint density at radius 1 is 1.10 bits per heavy atom. The standard InChI is InChI=1S/C20H10ClF5N2O2/c21-15-5-10(2-4-18(15)29)17-7-14(20(24,25)26)13(8-27)19(30)28(17)9-11-1-3-12(22)6-16(11)23/h1-7,29H,9H2. The summed E-state index contributed by atoms with van der Waals surface area (Å²) in [4.78, 5) is 12.8. The van der Waals surface area contributed by atoms with E-state index in [0.29, 0.717) is 12.1 Å². The van der Waals surface area contributed by atoms with Crippen molar-refractivity contribution < 1.29 is 27.1 Å². The Kier molecular flexibility index (Phi) is 5.55. The van der Waals surface area contributed by atoms with E-state index in [1.807, 2.05) is 0 Å². The molecular formula is C20H10ClF5N2O2. The Balaban J connectivity index is 2.34. The first-order valence-electron chi connectivity index (χ1n) is 8.21. The summed E-state index contributed by atoms with van der Waals surface area (Å²) in [5.74, 6) is -2.24. The summed E-state index contributed by atoms with van der Waals surface area (Å²) in [5, 5.41) is 18.5. The quantitative estimate of drug-likeness (QED) is 0.577. The molecule has 0 saturated heterocycles. The van der Waals surface area contributed by atoms with E-state index in [-0.39, 0.29) is 27.6 Å². The van der Waals surface area contributed by atoms with Crippen molar-refractivity contribution in [2.24, 2.45) is 0 Å². The number of rotatable bonds is 3. The van der Waals surface area contributed by atoms with E-state index in [1.54, 1.807) is 0 Å². The third kappa shape index (κ3) is 4.00. The van der Waals surface area contributed by atoms with Gasteiger partial charge < -0.3 is 9.67 Å². The highest BCUT2D eigenvalue weighted by Gasteiger charge is 2.36. The largest absolute Gasteiger partial charge is 0.506 e. The highest BCUT2D eigenvalue weighted by molar-refractivity contribution is 6.32. The van der Waals surface area contributed by atoms with E-state index < -0.39 is 41.0 Å². The second-order valence-electron chi connectivity index (χ2n) is 6.22. The first-order chi connectivity index (χ1) is 14.0. The number of benzene rings is 2. The van der Waals surface area contributed by atoms with Gasteiger partial charge in [-0.1, -0.05) is 17.7 Å². The number of aromatic nitrogens is 1. The predicted molar refractivity (Wildman–Crippen MR) is 98.0 cm³/mol. The molecule has 4 nitrogen and oxygen atoms in total. The van der Waals surface area contributed by atoms with E-state index in [0.717, 1.165) is 28.8 Å². The normalized spacial score (nSPS) is 11.4. The van der Waals surface area contributed by atoms with Crippen LogP contribution in [0.2, 0.25) is 5.02 Å². The minimum Gasteiger partial charge on any atom is -0.506 e.